The van der Waals surface area contributed by atoms with Crippen molar-refractivity contribution in [2.24, 2.45) is 0 Å². The SMILES string of the molecule is CNC(=O)c1ccc(Cl)c(NC(C)c2cccc(O)c2)c1. The lowest BCUT2D eigenvalue weighted by Gasteiger charge is -2.17. The fraction of sp³-hybridized carbons (Fsp3) is 0.188. The largest absolute Gasteiger partial charge is 0.508 e. The molecule has 2 rings (SSSR count). The molecule has 0 bridgehead atoms. The molecule has 5 heteroatoms. The average molecular weight is 305 g/mol. The maximum atomic E-state index is 11.7. The summed E-state index contributed by atoms with van der Waals surface area (Å²) in [4.78, 5) is 11.7. The Kier molecular flexibility index (Phi) is 4.70. The van der Waals surface area contributed by atoms with Gasteiger partial charge in [0.1, 0.15) is 5.75 Å². The van der Waals surface area contributed by atoms with Crippen molar-refractivity contribution in [2.75, 3.05) is 12.4 Å². The lowest BCUT2D eigenvalue weighted by Crippen LogP contribution is -2.18. The van der Waals surface area contributed by atoms with Gasteiger partial charge in [-0.15, -0.1) is 0 Å². The van der Waals surface area contributed by atoms with Gasteiger partial charge in [-0.25, -0.2) is 0 Å². The molecule has 0 radical (unpaired) electrons. The van der Waals surface area contributed by atoms with Crippen LogP contribution in [0.2, 0.25) is 5.02 Å². The van der Waals surface area contributed by atoms with Gasteiger partial charge in [-0.1, -0.05) is 23.7 Å². The van der Waals surface area contributed by atoms with Crippen molar-refractivity contribution in [2.45, 2.75) is 13.0 Å². The second kappa shape index (κ2) is 6.50. The van der Waals surface area contributed by atoms with Crippen LogP contribution < -0.4 is 10.6 Å². The van der Waals surface area contributed by atoms with E-state index in [-0.39, 0.29) is 17.7 Å². The summed E-state index contributed by atoms with van der Waals surface area (Å²) < 4.78 is 0. The highest BCUT2D eigenvalue weighted by Gasteiger charge is 2.11. The zero-order valence-electron chi connectivity index (χ0n) is 11.9. The minimum Gasteiger partial charge on any atom is -0.508 e. The van der Waals surface area contributed by atoms with Gasteiger partial charge in [0.25, 0.3) is 5.91 Å². The number of anilines is 1. The molecule has 4 nitrogen and oxygen atoms in total. The second-order valence-electron chi connectivity index (χ2n) is 4.73. The summed E-state index contributed by atoms with van der Waals surface area (Å²) in [5.41, 5.74) is 2.14. The predicted molar refractivity (Wildman–Crippen MR) is 85.0 cm³/mol. The van der Waals surface area contributed by atoms with Crippen molar-refractivity contribution < 1.29 is 9.90 Å². The van der Waals surface area contributed by atoms with E-state index in [1.807, 2.05) is 13.0 Å². The Morgan fingerprint density at radius 1 is 1.24 bits per heavy atom. The number of hydrogen-bond acceptors (Lipinski definition) is 3. The Labute approximate surface area is 128 Å². The summed E-state index contributed by atoms with van der Waals surface area (Å²) in [6.07, 6.45) is 0. The lowest BCUT2D eigenvalue weighted by atomic mass is 10.1. The number of benzene rings is 2. The van der Waals surface area contributed by atoms with E-state index >= 15 is 0 Å². The maximum absolute atomic E-state index is 11.7. The fourth-order valence-corrected chi connectivity index (χ4v) is 2.20. The van der Waals surface area contributed by atoms with E-state index in [0.29, 0.717) is 16.3 Å². The molecule has 0 aliphatic heterocycles. The first kappa shape index (κ1) is 15.2. The minimum atomic E-state index is -0.167. The molecule has 1 amide bonds. The number of amides is 1. The molecule has 2 aromatic rings. The summed E-state index contributed by atoms with van der Waals surface area (Å²) >= 11 is 6.16. The molecule has 110 valence electrons. The van der Waals surface area contributed by atoms with Gasteiger partial charge < -0.3 is 15.7 Å². The van der Waals surface area contributed by atoms with Crippen molar-refractivity contribution in [1.29, 1.82) is 0 Å². The fourth-order valence-electron chi connectivity index (χ4n) is 2.03. The third-order valence-corrected chi connectivity index (χ3v) is 3.53. The number of rotatable bonds is 4. The quantitative estimate of drug-likeness (QED) is 0.809. The molecule has 2 aromatic carbocycles. The summed E-state index contributed by atoms with van der Waals surface area (Å²) in [7, 11) is 1.58. The van der Waals surface area contributed by atoms with Crippen molar-refractivity contribution >= 4 is 23.2 Å². The van der Waals surface area contributed by atoms with E-state index in [2.05, 4.69) is 10.6 Å². The van der Waals surface area contributed by atoms with Crippen molar-refractivity contribution in [1.82, 2.24) is 5.32 Å². The Morgan fingerprint density at radius 2 is 2.00 bits per heavy atom. The number of phenols is 1. The van der Waals surface area contributed by atoms with Crippen LogP contribution in [0, 0.1) is 0 Å². The van der Waals surface area contributed by atoms with Crippen molar-refractivity contribution in [3.8, 4) is 5.75 Å². The van der Waals surface area contributed by atoms with Crippen LogP contribution in [0.5, 0.6) is 5.75 Å². The molecule has 3 N–H and O–H groups in total. The van der Waals surface area contributed by atoms with Crippen LogP contribution in [0.3, 0.4) is 0 Å². The van der Waals surface area contributed by atoms with Crippen molar-refractivity contribution in [3.05, 3.63) is 58.6 Å². The highest BCUT2D eigenvalue weighted by atomic mass is 35.5. The van der Waals surface area contributed by atoms with E-state index in [1.165, 1.54) is 0 Å². The molecule has 0 spiro atoms. The molecule has 1 atom stereocenters. The van der Waals surface area contributed by atoms with Crippen LogP contribution in [0.25, 0.3) is 0 Å². The number of carbonyl (C=O) groups excluding carboxylic acids is 1. The molecule has 1 unspecified atom stereocenters. The van der Waals surface area contributed by atoms with Gasteiger partial charge in [0.2, 0.25) is 0 Å². The first-order valence-electron chi connectivity index (χ1n) is 6.58. The van der Waals surface area contributed by atoms with Crippen LogP contribution in [-0.2, 0) is 0 Å². The van der Waals surface area contributed by atoms with Crippen LogP contribution in [0.15, 0.2) is 42.5 Å². The summed E-state index contributed by atoms with van der Waals surface area (Å²) in [5.74, 6) is 0.0473. The Hall–Kier alpha value is -2.20. The number of phenolic OH excluding ortho intramolecular Hbond substituents is 1. The average Bonchev–Trinajstić information content (AvgIpc) is 2.48. The van der Waals surface area contributed by atoms with Crippen LogP contribution >= 0.6 is 11.6 Å². The molecule has 0 aromatic heterocycles. The molecule has 0 heterocycles. The molecule has 0 aliphatic carbocycles. The van der Waals surface area contributed by atoms with Gasteiger partial charge in [0.05, 0.1) is 10.7 Å². The van der Waals surface area contributed by atoms with Gasteiger partial charge in [0, 0.05) is 18.7 Å². The van der Waals surface area contributed by atoms with Crippen LogP contribution in [-0.4, -0.2) is 18.1 Å². The topological polar surface area (TPSA) is 61.4 Å². The molecular formula is C16H17ClN2O2. The first-order chi connectivity index (χ1) is 10.0. The molecule has 0 aliphatic rings. The highest BCUT2D eigenvalue weighted by molar-refractivity contribution is 6.33. The molecule has 0 saturated carbocycles. The zero-order chi connectivity index (χ0) is 15.4. The number of halogens is 1. The van der Waals surface area contributed by atoms with E-state index in [9.17, 15) is 9.90 Å². The molecular weight excluding hydrogens is 288 g/mol. The smallest absolute Gasteiger partial charge is 0.251 e. The summed E-state index contributed by atoms with van der Waals surface area (Å²) in [5, 5.41) is 15.9. The minimum absolute atomic E-state index is 0.0606. The lowest BCUT2D eigenvalue weighted by molar-refractivity contribution is 0.0963. The van der Waals surface area contributed by atoms with Gasteiger partial charge in [-0.3, -0.25) is 4.79 Å². The predicted octanol–water partition coefficient (Wildman–Crippen LogP) is 3.58. The summed E-state index contributed by atoms with van der Waals surface area (Å²) in [6, 6.07) is 12.0. The number of hydrogen-bond donors (Lipinski definition) is 3. The Morgan fingerprint density at radius 3 is 2.67 bits per heavy atom. The maximum Gasteiger partial charge on any atom is 0.251 e. The molecule has 21 heavy (non-hydrogen) atoms. The van der Waals surface area contributed by atoms with Gasteiger partial charge in [0.15, 0.2) is 0 Å². The summed E-state index contributed by atoms with van der Waals surface area (Å²) in [6.45, 7) is 1.96. The molecule has 0 saturated heterocycles. The Balaban J connectivity index is 2.24. The van der Waals surface area contributed by atoms with E-state index in [0.717, 1.165) is 5.56 Å². The third-order valence-electron chi connectivity index (χ3n) is 3.20. The van der Waals surface area contributed by atoms with Crippen LogP contribution in [0.1, 0.15) is 28.9 Å². The van der Waals surface area contributed by atoms with Gasteiger partial charge >= 0.3 is 0 Å². The second-order valence-corrected chi connectivity index (χ2v) is 5.14. The van der Waals surface area contributed by atoms with Crippen LogP contribution in [0.4, 0.5) is 5.69 Å². The standard InChI is InChI=1S/C16H17ClN2O2/c1-10(11-4-3-5-13(20)8-11)19-15-9-12(16(21)18-2)6-7-14(15)17/h3-10,19-20H,1-2H3,(H,18,21). The normalized spacial score (nSPS) is 11.8. The van der Waals surface area contributed by atoms with E-state index in [4.69, 9.17) is 11.6 Å². The number of carbonyl (C=O) groups is 1. The monoisotopic (exact) mass is 304 g/mol. The highest BCUT2D eigenvalue weighted by Crippen LogP contribution is 2.28. The van der Waals surface area contributed by atoms with Crippen molar-refractivity contribution in [3.63, 3.8) is 0 Å². The zero-order valence-corrected chi connectivity index (χ0v) is 12.6. The van der Waals surface area contributed by atoms with Gasteiger partial charge in [-0.2, -0.15) is 0 Å². The number of nitrogens with one attached hydrogen (secondary N) is 2. The first-order valence-corrected chi connectivity index (χ1v) is 6.96. The Bertz CT molecular complexity index is 658. The van der Waals surface area contributed by atoms with Gasteiger partial charge in [-0.05, 0) is 42.8 Å². The molecule has 0 fully saturated rings. The third kappa shape index (κ3) is 3.67. The number of aromatic hydroxyl groups is 1. The van der Waals surface area contributed by atoms with E-state index < -0.39 is 0 Å². The van der Waals surface area contributed by atoms with E-state index in [1.54, 1.807) is 43.4 Å².